The Hall–Kier alpha value is -3.50. The van der Waals surface area contributed by atoms with Gasteiger partial charge in [-0.3, -0.25) is 4.79 Å². The van der Waals surface area contributed by atoms with Crippen molar-refractivity contribution < 1.29 is 18.3 Å². The van der Waals surface area contributed by atoms with Crippen molar-refractivity contribution in [2.24, 2.45) is 5.41 Å². The number of ether oxygens (including phenoxy) is 1. The molecular formula is C21H23F2N7O2. The van der Waals surface area contributed by atoms with Gasteiger partial charge >= 0.3 is 0 Å². The minimum atomic E-state index is -1.15. The average molecular weight is 443 g/mol. The Balaban J connectivity index is 1.70. The number of alkyl halides is 1. The molecule has 1 saturated heterocycles. The SMILES string of the molecule is CC1(C)CNC(=O)c2c(N)nn3ccc(nc23)N2C[C@@H](F)CC2c2cc(F)cnc2OC1. The van der Waals surface area contributed by atoms with Crippen LogP contribution in [0.15, 0.2) is 24.5 Å². The molecule has 168 valence electrons. The summed E-state index contributed by atoms with van der Waals surface area (Å²) in [5, 5.41) is 7.04. The quantitative estimate of drug-likeness (QED) is 0.548. The number of rotatable bonds is 0. The van der Waals surface area contributed by atoms with E-state index in [4.69, 9.17) is 10.5 Å². The molecule has 1 fully saturated rings. The van der Waals surface area contributed by atoms with Gasteiger partial charge < -0.3 is 20.7 Å². The molecule has 3 aromatic rings. The summed E-state index contributed by atoms with van der Waals surface area (Å²) < 4.78 is 36.2. The van der Waals surface area contributed by atoms with Crippen molar-refractivity contribution in [2.45, 2.75) is 32.5 Å². The van der Waals surface area contributed by atoms with Crippen molar-refractivity contribution in [1.82, 2.24) is 24.9 Å². The lowest BCUT2D eigenvalue weighted by Crippen LogP contribution is -2.38. The predicted octanol–water partition coefficient (Wildman–Crippen LogP) is 2.28. The molecule has 1 amide bonds. The highest BCUT2D eigenvalue weighted by Crippen LogP contribution is 2.40. The zero-order valence-electron chi connectivity index (χ0n) is 17.7. The Morgan fingerprint density at radius 3 is 3.00 bits per heavy atom. The first kappa shape index (κ1) is 20.4. The van der Waals surface area contributed by atoms with E-state index < -0.39 is 29.4 Å². The predicted molar refractivity (Wildman–Crippen MR) is 113 cm³/mol. The van der Waals surface area contributed by atoms with Gasteiger partial charge in [0.2, 0.25) is 5.88 Å². The van der Waals surface area contributed by atoms with Gasteiger partial charge in [-0.15, -0.1) is 5.10 Å². The lowest BCUT2D eigenvalue weighted by Gasteiger charge is -2.29. The second kappa shape index (κ2) is 7.28. The third kappa shape index (κ3) is 3.47. The summed E-state index contributed by atoms with van der Waals surface area (Å²) in [6.45, 7) is 4.36. The van der Waals surface area contributed by atoms with Gasteiger partial charge in [0.1, 0.15) is 23.4 Å². The minimum Gasteiger partial charge on any atom is -0.477 e. The van der Waals surface area contributed by atoms with Crippen LogP contribution in [-0.4, -0.2) is 51.4 Å². The summed E-state index contributed by atoms with van der Waals surface area (Å²) in [5.74, 6) is -0.233. The molecule has 5 heterocycles. The minimum absolute atomic E-state index is 0.0475. The number of nitrogens with one attached hydrogen (secondary N) is 1. The zero-order chi connectivity index (χ0) is 22.6. The Morgan fingerprint density at radius 2 is 2.19 bits per heavy atom. The number of aromatic nitrogens is 4. The highest BCUT2D eigenvalue weighted by Gasteiger charge is 2.37. The summed E-state index contributed by atoms with van der Waals surface area (Å²) in [4.78, 5) is 23.4. The molecule has 2 aliphatic rings. The molecular weight excluding hydrogens is 420 g/mol. The highest BCUT2D eigenvalue weighted by atomic mass is 19.1. The number of hydrogen-bond acceptors (Lipinski definition) is 7. The van der Waals surface area contributed by atoms with Crippen LogP contribution in [0.25, 0.3) is 5.65 Å². The van der Waals surface area contributed by atoms with Crippen LogP contribution in [0.2, 0.25) is 0 Å². The van der Waals surface area contributed by atoms with Gasteiger partial charge in [0, 0.05) is 30.1 Å². The van der Waals surface area contributed by atoms with Crippen LogP contribution in [0.3, 0.4) is 0 Å². The number of fused-ring (bicyclic) bond motifs is 5. The van der Waals surface area contributed by atoms with Gasteiger partial charge in [-0.25, -0.2) is 23.3 Å². The lowest BCUT2D eigenvalue weighted by molar-refractivity contribution is 0.0919. The van der Waals surface area contributed by atoms with Gasteiger partial charge in [-0.05, 0) is 12.1 Å². The third-order valence-electron chi connectivity index (χ3n) is 5.80. The van der Waals surface area contributed by atoms with Gasteiger partial charge in [-0.2, -0.15) is 0 Å². The van der Waals surface area contributed by atoms with Gasteiger partial charge in [0.25, 0.3) is 5.91 Å². The van der Waals surface area contributed by atoms with Gasteiger partial charge in [0.05, 0.1) is 25.4 Å². The Bertz CT molecular complexity index is 1210. The van der Waals surface area contributed by atoms with Gasteiger partial charge in [0.15, 0.2) is 11.5 Å². The fraction of sp³-hybridized carbons (Fsp3) is 0.429. The van der Waals surface area contributed by atoms with Crippen molar-refractivity contribution in [3.63, 3.8) is 0 Å². The van der Waals surface area contributed by atoms with Crippen LogP contribution in [-0.2, 0) is 0 Å². The molecule has 0 aliphatic carbocycles. The molecule has 3 aromatic heterocycles. The van der Waals surface area contributed by atoms with E-state index in [0.717, 1.165) is 6.20 Å². The van der Waals surface area contributed by atoms with Crippen LogP contribution in [0.4, 0.5) is 20.4 Å². The first-order valence-corrected chi connectivity index (χ1v) is 10.3. The number of halogens is 2. The molecule has 11 heteroatoms. The van der Waals surface area contributed by atoms with E-state index in [-0.39, 0.29) is 49.0 Å². The van der Waals surface area contributed by atoms with E-state index >= 15 is 0 Å². The van der Waals surface area contributed by atoms with Crippen molar-refractivity contribution in [1.29, 1.82) is 0 Å². The second-order valence-electron chi connectivity index (χ2n) is 9.00. The maximum atomic E-state index is 14.6. The normalized spacial score (nSPS) is 22.8. The number of carbonyl (C=O) groups excluding carboxylic acids is 1. The summed E-state index contributed by atoms with van der Waals surface area (Å²) >= 11 is 0. The molecule has 0 spiro atoms. The van der Waals surface area contributed by atoms with Crippen molar-refractivity contribution in [3.05, 3.63) is 41.5 Å². The Labute approximate surface area is 182 Å². The van der Waals surface area contributed by atoms with E-state index in [1.54, 1.807) is 17.2 Å². The van der Waals surface area contributed by atoms with Crippen molar-refractivity contribution in [2.75, 3.05) is 30.3 Å². The maximum Gasteiger partial charge on any atom is 0.258 e. The summed E-state index contributed by atoms with van der Waals surface area (Å²) in [5.41, 5.74) is 6.41. The fourth-order valence-electron chi connectivity index (χ4n) is 4.17. The Kier molecular flexibility index (Phi) is 4.64. The number of nitrogen functional groups attached to an aromatic ring is 1. The summed E-state index contributed by atoms with van der Waals surface area (Å²) in [6, 6.07) is 2.45. The molecule has 2 atom stereocenters. The third-order valence-corrected chi connectivity index (χ3v) is 5.80. The molecule has 32 heavy (non-hydrogen) atoms. The topological polar surface area (TPSA) is 111 Å². The second-order valence-corrected chi connectivity index (χ2v) is 9.00. The van der Waals surface area contributed by atoms with Crippen LogP contribution < -0.4 is 20.7 Å². The number of hydrogen-bond donors (Lipinski definition) is 2. The van der Waals surface area contributed by atoms with E-state index in [0.29, 0.717) is 11.4 Å². The first-order valence-electron chi connectivity index (χ1n) is 10.3. The van der Waals surface area contributed by atoms with Gasteiger partial charge in [-0.1, -0.05) is 13.8 Å². The molecule has 0 aromatic carbocycles. The van der Waals surface area contributed by atoms with Crippen LogP contribution in [0.1, 0.15) is 42.2 Å². The van der Waals surface area contributed by atoms with E-state index in [1.807, 2.05) is 13.8 Å². The molecule has 0 saturated carbocycles. The molecule has 0 radical (unpaired) electrons. The summed E-state index contributed by atoms with van der Waals surface area (Å²) in [7, 11) is 0. The molecule has 9 nitrogen and oxygen atoms in total. The van der Waals surface area contributed by atoms with Crippen LogP contribution in [0, 0.1) is 11.2 Å². The maximum absolute atomic E-state index is 14.6. The Morgan fingerprint density at radius 1 is 1.38 bits per heavy atom. The lowest BCUT2D eigenvalue weighted by atomic mass is 9.94. The number of pyridine rings is 1. The molecule has 2 aliphatic heterocycles. The molecule has 3 N–H and O–H groups in total. The van der Waals surface area contributed by atoms with Crippen LogP contribution in [0.5, 0.6) is 5.88 Å². The van der Waals surface area contributed by atoms with E-state index in [1.165, 1.54) is 10.6 Å². The van der Waals surface area contributed by atoms with E-state index in [2.05, 4.69) is 20.4 Å². The molecule has 5 rings (SSSR count). The largest absolute Gasteiger partial charge is 0.477 e. The number of anilines is 2. The smallest absolute Gasteiger partial charge is 0.258 e. The monoisotopic (exact) mass is 443 g/mol. The first-order chi connectivity index (χ1) is 15.2. The molecule has 1 unspecified atom stereocenters. The van der Waals surface area contributed by atoms with Crippen molar-refractivity contribution in [3.8, 4) is 5.88 Å². The molecule has 2 bridgehead atoms. The number of carbonyl (C=O) groups is 1. The number of nitrogens with two attached hydrogens (primary N) is 1. The van der Waals surface area contributed by atoms with E-state index in [9.17, 15) is 13.6 Å². The summed E-state index contributed by atoms with van der Waals surface area (Å²) in [6.07, 6.45) is 1.67. The fourth-order valence-corrected chi connectivity index (χ4v) is 4.17. The highest BCUT2D eigenvalue weighted by molar-refractivity contribution is 6.04. The van der Waals surface area contributed by atoms with Crippen molar-refractivity contribution >= 4 is 23.2 Å². The number of amides is 1. The number of nitrogens with zero attached hydrogens (tertiary/aromatic N) is 5. The average Bonchev–Trinajstić information content (AvgIpc) is 3.29. The standard InChI is InChI=1S/C21H23F2N7O2/c1-21(2)9-26-19(31)16-17(24)28-30-4-3-15(27-18(16)30)29-8-12(23)6-14(29)13-5-11(22)7-25-20(13)32-10-21/h3-5,7,12,14H,6,8-10H2,1-2H3,(H2,24,28)(H,26,31)/t12-,14?/m0/s1. The zero-order valence-corrected chi connectivity index (χ0v) is 17.7. The van der Waals surface area contributed by atoms with Crippen LogP contribution >= 0.6 is 0 Å².